The topological polar surface area (TPSA) is 30.7 Å². The lowest BCUT2D eigenvalue weighted by molar-refractivity contribution is -0.137. The van der Waals surface area contributed by atoms with Gasteiger partial charge >= 0.3 is 6.18 Å². The second-order valence-electron chi connectivity index (χ2n) is 3.52. The maximum absolute atomic E-state index is 12.4. The van der Waals surface area contributed by atoms with Crippen molar-refractivity contribution in [1.29, 1.82) is 0 Å². The molecule has 2 aromatic rings. The molecule has 2 heterocycles. The molecule has 0 amide bonds. The molecule has 18 heavy (non-hydrogen) atoms. The maximum Gasteiger partial charge on any atom is 0.419 e. The van der Waals surface area contributed by atoms with Crippen molar-refractivity contribution in [3.8, 4) is 0 Å². The molecule has 0 saturated carbocycles. The van der Waals surface area contributed by atoms with Gasteiger partial charge in [0.1, 0.15) is 5.15 Å². The molecule has 0 unspecified atom stereocenters. The van der Waals surface area contributed by atoms with E-state index in [2.05, 4.69) is 10.1 Å². The maximum atomic E-state index is 12.4. The molecular weight excluding hydrogens is 290 g/mol. The number of pyridine rings is 1. The van der Waals surface area contributed by atoms with E-state index in [1.807, 2.05) is 0 Å². The molecule has 0 bridgehead atoms. The molecule has 0 radical (unpaired) electrons. The minimum absolute atomic E-state index is 0.0963. The van der Waals surface area contributed by atoms with Gasteiger partial charge in [0.05, 0.1) is 23.3 Å². The average Bonchev–Trinajstić information content (AvgIpc) is 2.70. The molecule has 0 aliphatic rings. The van der Waals surface area contributed by atoms with Gasteiger partial charge in [-0.3, -0.25) is 4.68 Å². The zero-order valence-corrected chi connectivity index (χ0v) is 10.3. The number of nitrogens with zero attached hydrogens (tertiary/aromatic N) is 3. The summed E-state index contributed by atoms with van der Waals surface area (Å²) in [4.78, 5) is 3.81. The molecule has 3 nitrogen and oxygen atoms in total. The Bertz CT molecular complexity index is 566. The van der Waals surface area contributed by atoms with E-state index in [1.54, 1.807) is 0 Å². The van der Waals surface area contributed by atoms with E-state index in [4.69, 9.17) is 23.2 Å². The molecule has 0 fully saturated rings. The highest BCUT2D eigenvalue weighted by Gasteiger charge is 2.32. The number of halogens is 5. The predicted octanol–water partition coefficient (Wildman–Crippen LogP) is 3.65. The zero-order valence-electron chi connectivity index (χ0n) is 8.75. The van der Waals surface area contributed by atoms with Gasteiger partial charge in [0, 0.05) is 18.0 Å². The van der Waals surface area contributed by atoms with Gasteiger partial charge in [0.15, 0.2) is 0 Å². The summed E-state index contributed by atoms with van der Waals surface area (Å²) in [7, 11) is 0. The van der Waals surface area contributed by atoms with Gasteiger partial charge in [-0.05, 0) is 6.07 Å². The Hall–Kier alpha value is -1.27. The quantitative estimate of drug-likeness (QED) is 0.792. The van der Waals surface area contributed by atoms with Gasteiger partial charge < -0.3 is 0 Å². The normalized spacial score (nSPS) is 11.8. The number of rotatable bonds is 2. The molecule has 0 N–H and O–H groups in total. The van der Waals surface area contributed by atoms with Crippen LogP contribution in [0, 0.1) is 0 Å². The number of hydrogen-bond donors (Lipinski definition) is 0. The van der Waals surface area contributed by atoms with E-state index >= 15 is 0 Å². The lowest BCUT2D eigenvalue weighted by Gasteiger charge is -2.04. The fourth-order valence-corrected chi connectivity index (χ4v) is 1.75. The summed E-state index contributed by atoms with van der Waals surface area (Å²) < 4.78 is 38.2. The molecular formula is C10H6Cl2F3N3. The summed E-state index contributed by atoms with van der Waals surface area (Å²) in [5, 5.41) is 4.17. The van der Waals surface area contributed by atoms with E-state index in [9.17, 15) is 13.2 Å². The van der Waals surface area contributed by atoms with Gasteiger partial charge in [-0.1, -0.05) is 23.2 Å². The van der Waals surface area contributed by atoms with Crippen LogP contribution in [0.3, 0.4) is 0 Å². The largest absolute Gasteiger partial charge is 0.419 e. The second-order valence-corrected chi connectivity index (χ2v) is 4.32. The lowest BCUT2D eigenvalue weighted by Crippen LogP contribution is -2.04. The van der Waals surface area contributed by atoms with E-state index in [0.29, 0.717) is 10.6 Å². The second kappa shape index (κ2) is 4.78. The fraction of sp³-hybridized carbons (Fsp3) is 0.200. The van der Waals surface area contributed by atoms with Crippen molar-refractivity contribution in [3.63, 3.8) is 0 Å². The summed E-state index contributed by atoms with van der Waals surface area (Å²) in [6.45, 7) is 0.0963. The Morgan fingerprint density at radius 2 is 1.94 bits per heavy atom. The highest BCUT2D eigenvalue weighted by Crippen LogP contribution is 2.28. The smallest absolute Gasteiger partial charge is 0.268 e. The van der Waals surface area contributed by atoms with Crippen LogP contribution in [0.4, 0.5) is 13.2 Å². The van der Waals surface area contributed by atoms with Crippen molar-refractivity contribution in [2.75, 3.05) is 0 Å². The van der Waals surface area contributed by atoms with Crippen molar-refractivity contribution in [1.82, 2.24) is 14.8 Å². The molecule has 2 aromatic heterocycles. The lowest BCUT2D eigenvalue weighted by atomic mass is 10.3. The van der Waals surface area contributed by atoms with Crippen LogP contribution in [-0.2, 0) is 12.7 Å². The molecule has 0 atom stereocenters. The first-order chi connectivity index (χ1) is 8.36. The number of alkyl halides is 3. The van der Waals surface area contributed by atoms with Crippen LogP contribution in [0.1, 0.15) is 11.1 Å². The molecule has 0 spiro atoms. The number of hydrogen-bond acceptors (Lipinski definition) is 2. The summed E-state index contributed by atoms with van der Waals surface area (Å²) in [5.74, 6) is 0. The highest BCUT2D eigenvalue weighted by molar-refractivity contribution is 6.34. The first-order valence-corrected chi connectivity index (χ1v) is 5.51. The van der Waals surface area contributed by atoms with Gasteiger partial charge in [0.25, 0.3) is 0 Å². The minimum Gasteiger partial charge on any atom is -0.268 e. The highest BCUT2D eigenvalue weighted by atomic mass is 35.5. The average molecular weight is 296 g/mol. The molecule has 8 heteroatoms. The van der Waals surface area contributed by atoms with Crippen LogP contribution in [-0.4, -0.2) is 14.8 Å². The molecule has 2 rings (SSSR count). The summed E-state index contributed by atoms with van der Waals surface area (Å²) in [6.07, 6.45) is -1.33. The standard InChI is InChI=1S/C10H6Cl2F3N3/c11-8-1-9(12)16-2-6(8)4-18-5-7(3-17-18)10(13,14)15/h1-3,5H,4H2. The van der Waals surface area contributed by atoms with Gasteiger partial charge in [-0.2, -0.15) is 18.3 Å². The Morgan fingerprint density at radius 1 is 1.22 bits per heavy atom. The van der Waals surface area contributed by atoms with Gasteiger partial charge in [-0.25, -0.2) is 4.98 Å². The van der Waals surface area contributed by atoms with Crippen LogP contribution in [0.25, 0.3) is 0 Å². The van der Waals surface area contributed by atoms with E-state index < -0.39 is 11.7 Å². The van der Waals surface area contributed by atoms with Crippen molar-refractivity contribution >= 4 is 23.2 Å². The third-order valence-corrected chi connectivity index (χ3v) is 2.75. The zero-order chi connectivity index (χ0) is 13.3. The van der Waals surface area contributed by atoms with E-state index in [0.717, 1.165) is 17.1 Å². The third-order valence-electron chi connectivity index (χ3n) is 2.19. The molecule has 0 aromatic carbocycles. The Labute approximate surface area is 110 Å². The fourth-order valence-electron chi connectivity index (χ4n) is 1.32. The van der Waals surface area contributed by atoms with Crippen LogP contribution in [0.5, 0.6) is 0 Å². The number of aromatic nitrogens is 3. The van der Waals surface area contributed by atoms with E-state index in [1.165, 1.54) is 12.3 Å². The summed E-state index contributed by atoms with van der Waals surface area (Å²) in [5.41, 5.74) is -0.265. The van der Waals surface area contributed by atoms with Crippen molar-refractivity contribution < 1.29 is 13.2 Å². The predicted molar refractivity (Wildman–Crippen MR) is 60.6 cm³/mol. The van der Waals surface area contributed by atoms with Gasteiger partial charge in [0.2, 0.25) is 0 Å². The first-order valence-electron chi connectivity index (χ1n) is 4.76. The van der Waals surface area contributed by atoms with Crippen LogP contribution < -0.4 is 0 Å². The summed E-state index contributed by atoms with van der Waals surface area (Å²) in [6, 6.07) is 1.42. The first kappa shape index (κ1) is 13.2. The molecule has 96 valence electrons. The van der Waals surface area contributed by atoms with Crippen molar-refractivity contribution in [2.45, 2.75) is 12.7 Å². The molecule has 0 aliphatic carbocycles. The Morgan fingerprint density at radius 3 is 2.50 bits per heavy atom. The third kappa shape index (κ3) is 2.94. The van der Waals surface area contributed by atoms with Crippen molar-refractivity contribution in [2.24, 2.45) is 0 Å². The van der Waals surface area contributed by atoms with E-state index in [-0.39, 0.29) is 11.7 Å². The SMILES string of the molecule is FC(F)(F)c1cnn(Cc2cnc(Cl)cc2Cl)c1. The Balaban J connectivity index is 2.21. The molecule has 0 saturated heterocycles. The van der Waals surface area contributed by atoms with Crippen LogP contribution in [0.15, 0.2) is 24.7 Å². The van der Waals surface area contributed by atoms with Crippen LogP contribution in [0.2, 0.25) is 10.2 Å². The Kier molecular flexibility index (Phi) is 3.49. The van der Waals surface area contributed by atoms with Crippen molar-refractivity contribution in [3.05, 3.63) is 46.0 Å². The van der Waals surface area contributed by atoms with Gasteiger partial charge in [-0.15, -0.1) is 0 Å². The monoisotopic (exact) mass is 295 g/mol. The van der Waals surface area contributed by atoms with Crippen LogP contribution >= 0.6 is 23.2 Å². The summed E-state index contributed by atoms with van der Waals surface area (Å²) >= 11 is 11.5. The molecule has 0 aliphatic heterocycles. The minimum atomic E-state index is -4.40.